The molecule has 6 nitrogen and oxygen atoms in total. The van der Waals surface area contributed by atoms with Gasteiger partial charge in [0.25, 0.3) is 0 Å². The van der Waals surface area contributed by atoms with Crippen LogP contribution in [0.5, 0.6) is 0 Å². The summed E-state index contributed by atoms with van der Waals surface area (Å²) in [5.41, 5.74) is 0. The molecule has 0 spiro atoms. The van der Waals surface area contributed by atoms with Crippen molar-refractivity contribution in [2.75, 3.05) is 13.2 Å². The van der Waals surface area contributed by atoms with E-state index in [1.54, 1.807) is 6.08 Å². The Labute approximate surface area is 334 Å². The lowest BCUT2D eigenvalue weighted by Crippen LogP contribution is -2.30. The van der Waals surface area contributed by atoms with Crippen molar-refractivity contribution in [3.63, 3.8) is 0 Å². The van der Waals surface area contributed by atoms with E-state index in [-0.39, 0.29) is 31.6 Å². The first-order valence-electron chi connectivity index (χ1n) is 23.0. The van der Waals surface area contributed by atoms with Gasteiger partial charge in [-0.1, -0.05) is 218 Å². The van der Waals surface area contributed by atoms with Crippen molar-refractivity contribution in [3.05, 3.63) is 36.5 Å². The van der Waals surface area contributed by atoms with Gasteiger partial charge in [-0.2, -0.15) is 0 Å². The lowest BCUT2D eigenvalue weighted by atomic mass is 10.0. The van der Waals surface area contributed by atoms with Gasteiger partial charge < -0.3 is 14.2 Å². The number of carbonyl (C=O) groups excluding carboxylic acids is 3. The van der Waals surface area contributed by atoms with Crippen molar-refractivity contribution in [1.29, 1.82) is 0 Å². The second-order valence-electron chi connectivity index (χ2n) is 15.3. The first-order valence-corrected chi connectivity index (χ1v) is 23.0. The first kappa shape index (κ1) is 51.6. The Morgan fingerprint density at radius 3 is 1.13 bits per heavy atom. The predicted molar refractivity (Wildman–Crippen MR) is 229 cm³/mol. The summed E-state index contributed by atoms with van der Waals surface area (Å²) in [6.45, 7) is 6.42. The van der Waals surface area contributed by atoms with E-state index in [9.17, 15) is 14.4 Å². The summed E-state index contributed by atoms with van der Waals surface area (Å²) in [7, 11) is 0. The second-order valence-corrected chi connectivity index (χ2v) is 15.3. The molecular formula is C48H86O6. The van der Waals surface area contributed by atoms with Gasteiger partial charge in [0.05, 0.1) is 6.42 Å². The number of hydrogen-bond donors (Lipinski definition) is 0. The molecule has 0 amide bonds. The van der Waals surface area contributed by atoms with E-state index in [1.807, 2.05) is 6.08 Å². The third-order valence-electron chi connectivity index (χ3n) is 9.94. The van der Waals surface area contributed by atoms with Gasteiger partial charge in [0.15, 0.2) is 6.10 Å². The Balaban J connectivity index is 4.34. The minimum atomic E-state index is -0.799. The standard InChI is InChI=1S/C48H86O6/c1-4-7-10-13-16-19-21-22-23-24-25-27-29-32-35-38-41-47(50)53-44-45(43-52-46(49)40-37-34-31-28-18-15-12-9-6-3)54-48(51)42-39-36-33-30-26-20-17-14-11-8-5-2/h9,12,18,28,34,37,45H,4-8,10-11,13-17,19-27,29-33,35-36,38-44H2,1-3H3/b12-9-,28-18-,37-34-. The van der Waals surface area contributed by atoms with Crippen LogP contribution in [0.2, 0.25) is 0 Å². The SMILES string of the molecule is CC/C=C\C/C=C\C/C=C\CC(=O)OCC(COC(=O)CCCCCCCCCCCCCCCCCC)OC(=O)CCCCCCCCCCCCC. The van der Waals surface area contributed by atoms with Crippen LogP contribution >= 0.6 is 0 Å². The summed E-state index contributed by atoms with van der Waals surface area (Å²) in [5.74, 6) is -1.02. The monoisotopic (exact) mass is 759 g/mol. The summed E-state index contributed by atoms with van der Waals surface area (Å²) < 4.78 is 16.6. The molecule has 0 saturated heterocycles. The molecule has 0 aromatic carbocycles. The van der Waals surface area contributed by atoms with Crippen LogP contribution in [0.25, 0.3) is 0 Å². The van der Waals surface area contributed by atoms with Gasteiger partial charge in [0, 0.05) is 12.8 Å². The largest absolute Gasteiger partial charge is 0.462 e. The maximum absolute atomic E-state index is 12.7. The highest BCUT2D eigenvalue weighted by Gasteiger charge is 2.19. The fraction of sp³-hybridized carbons (Fsp3) is 0.812. The van der Waals surface area contributed by atoms with Crippen LogP contribution in [0, 0.1) is 0 Å². The minimum Gasteiger partial charge on any atom is -0.462 e. The minimum absolute atomic E-state index is 0.0952. The van der Waals surface area contributed by atoms with Gasteiger partial charge >= 0.3 is 17.9 Å². The summed E-state index contributed by atoms with van der Waals surface area (Å²) in [5, 5.41) is 0. The van der Waals surface area contributed by atoms with Crippen LogP contribution in [-0.4, -0.2) is 37.2 Å². The molecule has 0 fully saturated rings. The summed E-state index contributed by atoms with van der Waals surface area (Å²) in [6, 6.07) is 0. The van der Waals surface area contributed by atoms with Crippen LogP contribution in [0.3, 0.4) is 0 Å². The van der Waals surface area contributed by atoms with Crippen molar-refractivity contribution in [3.8, 4) is 0 Å². The van der Waals surface area contributed by atoms with Gasteiger partial charge in [-0.3, -0.25) is 14.4 Å². The fourth-order valence-electron chi connectivity index (χ4n) is 6.50. The molecule has 0 heterocycles. The number of allylic oxidation sites excluding steroid dienone is 5. The molecule has 0 N–H and O–H groups in total. The highest BCUT2D eigenvalue weighted by Crippen LogP contribution is 2.15. The zero-order valence-electron chi connectivity index (χ0n) is 35.7. The third-order valence-corrected chi connectivity index (χ3v) is 9.94. The molecule has 1 atom stereocenters. The zero-order valence-corrected chi connectivity index (χ0v) is 35.7. The number of carbonyl (C=O) groups is 3. The van der Waals surface area contributed by atoms with E-state index in [0.717, 1.165) is 57.8 Å². The second kappa shape index (κ2) is 43.4. The molecule has 0 aliphatic rings. The predicted octanol–water partition coefficient (Wildman–Crippen LogP) is 14.6. The summed E-state index contributed by atoms with van der Waals surface area (Å²) in [6.07, 6.45) is 48.8. The van der Waals surface area contributed by atoms with Crippen molar-refractivity contribution in [2.24, 2.45) is 0 Å². The molecule has 314 valence electrons. The maximum Gasteiger partial charge on any atom is 0.309 e. The van der Waals surface area contributed by atoms with Crippen molar-refractivity contribution < 1.29 is 28.6 Å². The molecule has 54 heavy (non-hydrogen) atoms. The molecule has 0 aliphatic heterocycles. The van der Waals surface area contributed by atoms with Gasteiger partial charge in [0.1, 0.15) is 13.2 Å². The number of hydrogen-bond acceptors (Lipinski definition) is 6. The van der Waals surface area contributed by atoms with Crippen molar-refractivity contribution in [1.82, 2.24) is 0 Å². The molecule has 1 unspecified atom stereocenters. The number of ether oxygens (including phenoxy) is 3. The van der Waals surface area contributed by atoms with Gasteiger partial charge in [0.2, 0.25) is 0 Å². The highest BCUT2D eigenvalue weighted by atomic mass is 16.6. The van der Waals surface area contributed by atoms with Crippen LogP contribution in [0.4, 0.5) is 0 Å². The lowest BCUT2D eigenvalue weighted by molar-refractivity contribution is -0.166. The Kier molecular flexibility index (Phi) is 41.5. The van der Waals surface area contributed by atoms with Crippen LogP contribution < -0.4 is 0 Å². The van der Waals surface area contributed by atoms with E-state index in [0.29, 0.717) is 12.8 Å². The molecule has 0 bridgehead atoms. The first-order chi connectivity index (χ1) is 26.5. The van der Waals surface area contributed by atoms with Gasteiger partial charge in [-0.25, -0.2) is 0 Å². The lowest BCUT2D eigenvalue weighted by Gasteiger charge is -2.18. The molecule has 0 radical (unpaired) electrons. The smallest absolute Gasteiger partial charge is 0.309 e. The van der Waals surface area contributed by atoms with E-state index in [4.69, 9.17) is 14.2 Å². The number of esters is 3. The van der Waals surface area contributed by atoms with Crippen LogP contribution in [-0.2, 0) is 28.6 Å². The van der Waals surface area contributed by atoms with E-state index < -0.39 is 12.1 Å². The molecule has 0 aliphatic carbocycles. The molecule has 0 saturated carbocycles. The summed E-state index contributed by atoms with van der Waals surface area (Å²) >= 11 is 0. The average Bonchev–Trinajstić information content (AvgIpc) is 3.17. The average molecular weight is 759 g/mol. The van der Waals surface area contributed by atoms with Crippen molar-refractivity contribution in [2.45, 2.75) is 239 Å². The van der Waals surface area contributed by atoms with E-state index in [2.05, 4.69) is 45.1 Å². The molecule has 0 aromatic heterocycles. The normalized spacial score (nSPS) is 12.3. The molecule has 6 heteroatoms. The Morgan fingerprint density at radius 1 is 0.389 bits per heavy atom. The molecular weight excluding hydrogens is 673 g/mol. The van der Waals surface area contributed by atoms with Crippen molar-refractivity contribution >= 4 is 17.9 Å². The van der Waals surface area contributed by atoms with E-state index in [1.165, 1.54) is 135 Å². The quantitative estimate of drug-likeness (QED) is 0.0267. The van der Waals surface area contributed by atoms with E-state index >= 15 is 0 Å². The van der Waals surface area contributed by atoms with Gasteiger partial charge in [-0.05, 0) is 32.1 Å². The molecule has 0 aromatic rings. The molecule has 0 rings (SSSR count). The Bertz CT molecular complexity index is 922. The number of rotatable bonds is 41. The summed E-state index contributed by atoms with van der Waals surface area (Å²) in [4.78, 5) is 37.6. The number of unbranched alkanes of at least 4 members (excludes halogenated alkanes) is 25. The highest BCUT2D eigenvalue weighted by molar-refractivity contribution is 5.72. The Morgan fingerprint density at radius 2 is 0.722 bits per heavy atom. The zero-order chi connectivity index (χ0) is 39.4. The fourth-order valence-corrected chi connectivity index (χ4v) is 6.50. The third kappa shape index (κ3) is 40.8. The van der Waals surface area contributed by atoms with Gasteiger partial charge in [-0.15, -0.1) is 0 Å². The van der Waals surface area contributed by atoms with Crippen LogP contribution in [0.15, 0.2) is 36.5 Å². The van der Waals surface area contributed by atoms with Crippen LogP contribution in [0.1, 0.15) is 233 Å². The Hall–Kier alpha value is -2.37. The maximum atomic E-state index is 12.7. The topological polar surface area (TPSA) is 78.9 Å².